The first kappa shape index (κ1) is 17.2. The largest absolute Gasteiger partial charge is 0.350 e. The van der Waals surface area contributed by atoms with Gasteiger partial charge >= 0.3 is 0 Å². The van der Waals surface area contributed by atoms with Crippen LogP contribution in [0.4, 0.5) is 0 Å². The number of rotatable bonds is 6. The van der Waals surface area contributed by atoms with Crippen LogP contribution in [0.15, 0.2) is 42.7 Å². The highest BCUT2D eigenvalue weighted by Crippen LogP contribution is 2.12. The molecule has 1 aliphatic rings. The summed E-state index contributed by atoms with van der Waals surface area (Å²) < 4.78 is 1.86. The number of nitrogens with zero attached hydrogens (tertiary/aromatic N) is 3. The van der Waals surface area contributed by atoms with Gasteiger partial charge in [-0.2, -0.15) is 5.10 Å². The lowest BCUT2D eigenvalue weighted by Crippen LogP contribution is -2.40. The van der Waals surface area contributed by atoms with Gasteiger partial charge in [-0.15, -0.1) is 0 Å². The van der Waals surface area contributed by atoms with Gasteiger partial charge in [0.25, 0.3) is 0 Å². The summed E-state index contributed by atoms with van der Waals surface area (Å²) >= 11 is 0. The Kier molecular flexibility index (Phi) is 5.82. The molecule has 2 aromatic rings. The van der Waals surface area contributed by atoms with Crippen molar-refractivity contribution in [2.75, 3.05) is 13.1 Å². The average molecular weight is 340 g/mol. The zero-order valence-electron chi connectivity index (χ0n) is 14.4. The molecular formula is C19H24N4O2. The molecule has 6 heteroatoms. The van der Waals surface area contributed by atoms with E-state index < -0.39 is 0 Å². The number of carbonyl (C=O) groups is 2. The number of aromatic nitrogens is 2. The van der Waals surface area contributed by atoms with Crippen molar-refractivity contribution in [1.82, 2.24) is 20.0 Å². The number of nitrogens with one attached hydrogen (secondary N) is 1. The maximum absolute atomic E-state index is 12.2. The molecule has 25 heavy (non-hydrogen) atoms. The summed E-state index contributed by atoms with van der Waals surface area (Å²) in [7, 11) is 0. The van der Waals surface area contributed by atoms with Gasteiger partial charge in [0.1, 0.15) is 0 Å². The molecule has 0 unspecified atom stereocenters. The fourth-order valence-electron chi connectivity index (χ4n) is 3.08. The number of hydrogen-bond donors (Lipinski definition) is 1. The fourth-order valence-corrected chi connectivity index (χ4v) is 3.08. The molecule has 132 valence electrons. The summed E-state index contributed by atoms with van der Waals surface area (Å²) in [5.41, 5.74) is 2.19. The van der Waals surface area contributed by atoms with Crippen molar-refractivity contribution in [2.24, 2.45) is 0 Å². The van der Waals surface area contributed by atoms with Crippen molar-refractivity contribution in [2.45, 2.75) is 38.8 Å². The predicted octanol–water partition coefficient (Wildman–Crippen LogP) is 1.95. The number of amides is 2. The van der Waals surface area contributed by atoms with Crippen LogP contribution in [0.25, 0.3) is 0 Å². The van der Waals surface area contributed by atoms with Crippen LogP contribution in [-0.2, 0) is 22.7 Å². The van der Waals surface area contributed by atoms with Gasteiger partial charge in [-0.05, 0) is 30.0 Å². The van der Waals surface area contributed by atoms with E-state index in [0.29, 0.717) is 26.1 Å². The molecule has 0 aliphatic carbocycles. The molecule has 0 bridgehead atoms. The Balaban J connectivity index is 1.56. The van der Waals surface area contributed by atoms with Gasteiger partial charge in [0.2, 0.25) is 11.8 Å². The summed E-state index contributed by atoms with van der Waals surface area (Å²) in [5.74, 6) is -0.0177. The van der Waals surface area contributed by atoms with Gasteiger partial charge in [-0.3, -0.25) is 14.3 Å². The Bertz CT molecular complexity index is 712. The van der Waals surface area contributed by atoms with Gasteiger partial charge in [-0.25, -0.2) is 0 Å². The van der Waals surface area contributed by atoms with Crippen LogP contribution in [0.1, 0.15) is 36.8 Å². The third kappa shape index (κ3) is 4.92. The van der Waals surface area contributed by atoms with E-state index in [9.17, 15) is 9.59 Å². The third-order valence-electron chi connectivity index (χ3n) is 4.49. The first-order chi connectivity index (χ1) is 12.2. The molecule has 2 amide bonds. The molecule has 0 atom stereocenters. The van der Waals surface area contributed by atoms with Crippen molar-refractivity contribution in [3.63, 3.8) is 0 Å². The maximum atomic E-state index is 12.2. The minimum Gasteiger partial charge on any atom is -0.350 e. The SMILES string of the molecule is O=C(CN1CCCCCC1=O)NCc1ccccc1Cn1cccn1. The Morgan fingerprint density at radius 1 is 1.12 bits per heavy atom. The average Bonchev–Trinajstić information content (AvgIpc) is 3.04. The fraction of sp³-hybridized carbons (Fsp3) is 0.421. The molecule has 0 spiro atoms. The van der Waals surface area contributed by atoms with Crippen molar-refractivity contribution in [3.8, 4) is 0 Å². The highest BCUT2D eigenvalue weighted by atomic mass is 16.2. The van der Waals surface area contributed by atoms with Crippen LogP contribution in [0, 0.1) is 0 Å². The predicted molar refractivity (Wildman–Crippen MR) is 94.7 cm³/mol. The van der Waals surface area contributed by atoms with Crippen molar-refractivity contribution < 1.29 is 9.59 Å². The van der Waals surface area contributed by atoms with Crippen molar-refractivity contribution >= 4 is 11.8 Å². The van der Waals surface area contributed by atoms with E-state index in [1.54, 1.807) is 11.1 Å². The first-order valence-electron chi connectivity index (χ1n) is 8.81. The monoisotopic (exact) mass is 340 g/mol. The molecule has 1 aromatic carbocycles. The zero-order chi connectivity index (χ0) is 17.5. The molecule has 1 N–H and O–H groups in total. The molecule has 1 aromatic heterocycles. The second kappa shape index (κ2) is 8.46. The van der Waals surface area contributed by atoms with Crippen molar-refractivity contribution in [3.05, 3.63) is 53.9 Å². The van der Waals surface area contributed by atoms with Crippen molar-refractivity contribution in [1.29, 1.82) is 0 Å². The topological polar surface area (TPSA) is 67.2 Å². The Morgan fingerprint density at radius 3 is 2.76 bits per heavy atom. The quantitative estimate of drug-likeness (QED) is 0.874. The second-order valence-electron chi connectivity index (χ2n) is 6.38. The lowest BCUT2D eigenvalue weighted by Gasteiger charge is -2.20. The molecular weight excluding hydrogens is 316 g/mol. The standard InChI is InChI=1S/C19H24N4O2/c24-18(15-22-11-5-1-2-9-19(22)25)20-13-16-7-3-4-8-17(16)14-23-12-6-10-21-23/h3-4,6-8,10,12H,1-2,5,9,11,13-15H2,(H,20,24). The Morgan fingerprint density at radius 2 is 1.96 bits per heavy atom. The van der Waals surface area contributed by atoms with Gasteiger partial charge in [0.05, 0.1) is 13.1 Å². The molecule has 0 saturated carbocycles. The van der Waals surface area contributed by atoms with E-state index in [2.05, 4.69) is 10.4 Å². The number of carbonyl (C=O) groups excluding carboxylic acids is 2. The van der Waals surface area contributed by atoms with E-state index in [0.717, 1.165) is 30.4 Å². The van der Waals surface area contributed by atoms with Crippen LogP contribution in [0.5, 0.6) is 0 Å². The third-order valence-corrected chi connectivity index (χ3v) is 4.49. The highest BCUT2D eigenvalue weighted by molar-refractivity contribution is 5.84. The van der Waals surface area contributed by atoms with Crippen LogP contribution < -0.4 is 5.32 Å². The van der Waals surface area contributed by atoms with Gasteiger partial charge < -0.3 is 10.2 Å². The smallest absolute Gasteiger partial charge is 0.239 e. The van der Waals surface area contributed by atoms with E-state index in [1.165, 1.54) is 0 Å². The normalized spacial score (nSPS) is 15.0. The van der Waals surface area contributed by atoms with Gasteiger partial charge in [0, 0.05) is 31.9 Å². The molecule has 1 aliphatic heterocycles. The minimum atomic E-state index is -0.107. The summed E-state index contributed by atoms with van der Waals surface area (Å²) in [6.07, 6.45) is 7.19. The lowest BCUT2D eigenvalue weighted by atomic mass is 10.1. The molecule has 2 heterocycles. The minimum absolute atomic E-state index is 0.0896. The highest BCUT2D eigenvalue weighted by Gasteiger charge is 2.19. The molecule has 1 fully saturated rings. The second-order valence-corrected chi connectivity index (χ2v) is 6.38. The van der Waals surface area contributed by atoms with E-state index in [4.69, 9.17) is 0 Å². The van der Waals surface area contributed by atoms with Crippen LogP contribution >= 0.6 is 0 Å². The summed E-state index contributed by atoms with van der Waals surface area (Å²) in [6.45, 7) is 1.96. The molecule has 3 rings (SSSR count). The van der Waals surface area contributed by atoms with Crippen LogP contribution in [0.3, 0.4) is 0 Å². The number of benzene rings is 1. The lowest BCUT2D eigenvalue weighted by molar-refractivity contribution is -0.135. The number of hydrogen-bond acceptors (Lipinski definition) is 3. The van der Waals surface area contributed by atoms with E-state index in [1.807, 2.05) is 41.2 Å². The Hall–Kier alpha value is -2.63. The van der Waals surface area contributed by atoms with E-state index in [-0.39, 0.29) is 18.4 Å². The Labute approximate surface area is 147 Å². The van der Waals surface area contributed by atoms with E-state index >= 15 is 0 Å². The molecule has 0 radical (unpaired) electrons. The maximum Gasteiger partial charge on any atom is 0.239 e. The summed E-state index contributed by atoms with van der Waals surface area (Å²) in [6, 6.07) is 9.90. The van der Waals surface area contributed by atoms with Crippen LogP contribution in [0.2, 0.25) is 0 Å². The van der Waals surface area contributed by atoms with Gasteiger partial charge in [0.15, 0.2) is 0 Å². The molecule has 1 saturated heterocycles. The first-order valence-corrected chi connectivity index (χ1v) is 8.81. The van der Waals surface area contributed by atoms with Gasteiger partial charge in [-0.1, -0.05) is 30.7 Å². The summed E-state index contributed by atoms with van der Waals surface area (Å²) in [5, 5.41) is 7.17. The van der Waals surface area contributed by atoms with Crippen LogP contribution in [-0.4, -0.2) is 39.6 Å². The number of likely N-dealkylation sites (tertiary alicyclic amines) is 1. The molecule has 6 nitrogen and oxygen atoms in total. The summed E-state index contributed by atoms with van der Waals surface area (Å²) in [4.78, 5) is 25.9. The zero-order valence-corrected chi connectivity index (χ0v) is 14.4.